The first-order valence-electron chi connectivity index (χ1n) is 10.2. The number of likely N-dealkylation sites (N-methyl/N-ethyl adjacent to an activating group) is 1. The molecule has 9 nitrogen and oxygen atoms in total. The molecule has 0 aliphatic heterocycles. The maximum absolute atomic E-state index is 11.2. The number of hydrogen-bond acceptors (Lipinski definition) is 7. The summed E-state index contributed by atoms with van der Waals surface area (Å²) in [4.78, 5) is 29.6. The average molecular weight is 411 g/mol. The molecule has 0 radical (unpaired) electrons. The normalized spacial score (nSPS) is 11.2. The minimum Gasteiger partial charge on any atom is -0.368 e. The molecular weight excluding hydrogens is 380 g/mol. The van der Waals surface area contributed by atoms with Gasteiger partial charge in [0.15, 0.2) is 17.0 Å². The number of carbonyl (C=O) groups is 1. The van der Waals surface area contributed by atoms with Crippen molar-refractivity contribution in [1.82, 2.24) is 24.4 Å². The van der Waals surface area contributed by atoms with Gasteiger partial charge in [-0.3, -0.25) is 4.79 Å². The highest BCUT2D eigenvalue weighted by atomic mass is 16.1. The molecule has 1 aromatic carbocycles. The highest BCUT2D eigenvalue weighted by Crippen LogP contribution is 2.25. The van der Waals surface area contributed by atoms with E-state index >= 15 is 0 Å². The van der Waals surface area contributed by atoms with E-state index in [1.807, 2.05) is 29.8 Å². The second kappa shape index (κ2) is 10.0. The number of imidazole rings is 1. The van der Waals surface area contributed by atoms with Gasteiger partial charge in [-0.1, -0.05) is 44.2 Å². The second-order valence-electron chi connectivity index (χ2n) is 7.15. The van der Waals surface area contributed by atoms with Gasteiger partial charge in [0.2, 0.25) is 11.9 Å². The fourth-order valence-electron chi connectivity index (χ4n) is 3.32. The molecule has 9 heteroatoms. The fourth-order valence-corrected chi connectivity index (χ4v) is 3.32. The third kappa shape index (κ3) is 5.24. The first kappa shape index (κ1) is 21.5. The molecule has 3 N–H and O–H groups in total. The Morgan fingerprint density at radius 1 is 1.13 bits per heavy atom. The van der Waals surface area contributed by atoms with Crippen LogP contribution in [0.3, 0.4) is 0 Å². The van der Waals surface area contributed by atoms with E-state index in [0.29, 0.717) is 18.1 Å². The summed E-state index contributed by atoms with van der Waals surface area (Å²) in [5.74, 6) is 0.636. The van der Waals surface area contributed by atoms with Crippen molar-refractivity contribution in [2.75, 3.05) is 42.9 Å². The Morgan fingerprint density at radius 2 is 1.87 bits per heavy atom. The second-order valence-corrected chi connectivity index (χ2v) is 7.15. The quantitative estimate of drug-likeness (QED) is 0.495. The molecule has 0 spiro atoms. The maximum Gasteiger partial charge on any atom is 0.236 e. The molecule has 3 aromatic rings. The molecule has 1 amide bonds. The first-order valence-corrected chi connectivity index (χ1v) is 10.2. The number of benzene rings is 1. The molecule has 0 bridgehead atoms. The maximum atomic E-state index is 11.2. The van der Waals surface area contributed by atoms with Crippen LogP contribution in [0.25, 0.3) is 11.2 Å². The SMILES string of the molecule is CCN(CC)CCN(Cc1ccccc1)c1nc(NCC(N)=O)nc2c1ncn2C. The number of anilines is 2. The predicted molar refractivity (Wildman–Crippen MR) is 119 cm³/mol. The standard InChI is InChI=1S/C21H30N8O/c1-4-28(5-2)11-12-29(14-16-9-7-6-8-10-16)20-18-19(27(3)15-24-18)25-21(26-20)23-13-17(22)30/h6-10,15H,4-5,11-14H2,1-3H3,(H2,22,30)(H,23,25,26). The molecule has 0 atom stereocenters. The number of amides is 1. The Labute approximate surface area is 176 Å². The van der Waals surface area contributed by atoms with Gasteiger partial charge in [0.1, 0.15) is 0 Å². The molecule has 0 unspecified atom stereocenters. The lowest BCUT2D eigenvalue weighted by atomic mass is 10.2. The van der Waals surface area contributed by atoms with Crippen LogP contribution in [0.5, 0.6) is 0 Å². The van der Waals surface area contributed by atoms with Crippen molar-refractivity contribution in [1.29, 1.82) is 0 Å². The van der Waals surface area contributed by atoms with Crippen molar-refractivity contribution in [3.05, 3.63) is 42.2 Å². The highest BCUT2D eigenvalue weighted by Gasteiger charge is 2.19. The van der Waals surface area contributed by atoms with Crippen molar-refractivity contribution in [3.8, 4) is 0 Å². The number of nitrogens with two attached hydrogens (primary N) is 1. The van der Waals surface area contributed by atoms with Crippen LogP contribution in [0, 0.1) is 0 Å². The number of rotatable bonds is 11. The third-order valence-electron chi connectivity index (χ3n) is 5.06. The van der Waals surface area contributed by atoms with Crippen molar-refractivity contribution in [2.24, 2.45) is 12.8 Å². The van der Waals surface area contributed by atoms with Gasteiger partial charge in [-0.25, -0.2) is 4.98 Å². The molecule has 2 heterocycles. The summed E-state index contributed by atoms with van der Waals surface area (Å²) < 4.78 is 1.85. The van der Waals surface area contributed by atoms with E-state index in [1.165, 1.54) is 5.56 Å². The van der Waals surface area contributed by atoms with Crippen LogP contribution in [-0.4, -0.2) is 63.0 Å². The molecule has 160 valence electrons. The highest BCUT2D eigenvalue weighted by molar-refractivity contribution is 5.85. The number of carbonyl (C=O) groups excluding carboxylic acids is 1. The minimum atomic E-state index is -0.465. The van der Waals surface area contributed by atoms with Gasteiger partial charge in [0.25, 0.3) is 0 Å². The largest absolute Gasteiger partial charge is 0.368 e. The topological polar surface area (TPSA) is 105 Å². The van der Waals surface area contributed by atoms with E-state index in [4.69, 9.17) is 10.7 Å². The van der Waals surface area contributed by atoms with Crippen LogP contribution in [0.15, 0.2) is 36.7 Å². The van der Waals surface area contributed by atoms with Crippen LogP contribution in [-0.2, 0) is 18.4 Å². The molecule has 0 aliphatic carbocycles. The lowest BCUT2D eigenvalue weighted by Crippen LogP contribution is -2.35. The van der Waals surface area contributed by atoms with E-state index < -0.39 is 5.91 Å². The van der Waals surface area contributed by atoms with E-state index in [0.717, 1.165) is 37.5 Å². The first-order chi connectivity index (χ1) is 14.5. The van der Waals surface area contributed by atoms with Crippen LogP contribution in [0.4, 0.5) is 11.8 Å². The van der Waals surface area contributed by atoms with E-state index in [1.54, 1.807) is 6.33 Å². The van der Waals surface area contributed by atoms with Gasteiger partial charge >= 0.3 is 0 Å². The van der Waals surface area contributed by atoms with E-state index in [2.05, 4.69) is 51.1 Å². The lowest BCUT2D eigenvalue weighted by Gasteiger charge is -2.28. The Bertz CT molecular complexity index is 968. The Balaban J connectivity index is 2.00. The van der Waals surface area contributed by atoms with Crippen LogP contribution < -0.4 is 16.0 Å². The fraction of sp³-hybridized carbons (Fsp3) is 0.429. The summed E-state index contributed by atoms with van der Waals surface area (Å²) in [5, 5.41) is 2.92. The van der Waals surface area contributed by atoms with Gasteiger partial charge in [-0.2, -0.15) is 9.97 Å². The van der Waals surface area contributed by atoms with Gasteiger partial charge in [0.05, 0.1) is 12.9 Å². The number of hydrogen-bond donors (Lipinski definition) is 2. The smallest absolute Gasteiger partial charge is 0.236 e. The van der Waals surface area contributed by atoms with Crippen molar-refractivity contribution in [2.45, 2.75) is 20.4 Å². The van der Waals surface area contributed by atoms with Gasteiger partial charge in [-0.15, -0.1) is 0 Å². The molecule has 0 aliphatic rings. The van der Waals surface area contributed by atoms with Crippen LogP contribution in [0.1, 0.15) is 19.4 Å². The van der Waals surface area contributed by atoms with Crippen molar-refractivity contribution in [3.63, 3.8) is 0 Å². The van der Waals surface area contributed by atoms with Crippen molar-refractivity contribution < 1.29 is 4.79 Å². The minimum absolute atomic E-state index is 0.0269. The molecular formula is C21H30N8O. The molecule has 3 rings (SSSR count). The number of nitrogens with one attached hydrogen (secondary N) is 1. The Hall–Kier alpha value is -3.20. The zero-order chi connectivity index (χ0) is 21.5. The summed E-state index contributed by atoms with van der Waals surface area (Å²) in [6, 6.07) is 10.3. The summed E-state index contributed by atoms with van der Waals surface area (Å²) in [6.45, 7) is 8.67. The molecule has 2 aromatic heterocycles. The zero-order valence-electron chi connectivity index (χ0n) is 17.9. The number of aromatic nitrogens is 4. The predicted octanol–water partition coefficient (Wildman–Crippen LogP) is 1.61. The van der Waals surface area contributed by atoms with Gasteiger partial charge in [-0.05, 0) is 18.7 Å². The van der Waals surface area contributed by atoms with E-state index in [-0.39, 0.29) is 6.54 Å². The van der Waals surface area contributed by atoms with Crippen molar-refractivity contribution >= 4 is 28.8 Å². The molecule has 0 saturated carbocycles. The summed E-state index contributed by atoms with van der Waals surface area (Å²) >= 11 is 0. The number of fused-ring (bicyclic) bond motifs is 1. The number of primary amides is 1. The molecule has 0 saturated heterocycles. The average Bonchev–Trinajstić information content (AvgIpc) is 3.13. The van der Waals surface area contributed by atoms with Gasteiger partial charge in [0, 0.05) is 26.7 Å². The van der Waals surface area contributed by atoms with E-state index in [9.17, 15) is 4.79 Å². The number of aryl methyl sites for hydroxylation is 1. The summed E-state index contributed by atoms with van der Waals surface area (Å²) in [5.41, 5.74) is 7.91. The monoisotopic (exact) mass is 410 g/mol. The van der Waals surface area contributed by atoms with Crippen LogP contribution in [0.2, 0.25) is 0 Å². The third-order valence-corrected chi connectivity index (χ3v) is 5.06. The van der Waals surface area contributed by atoms with Crippen LogP contribution >= 0.6 is 0 Å². The molecule has 0 fully saturated rings. The Morgan fingerprint density at radius 3 is 2.53 bits per heavy atom. The summed E-state index contributed by atoms with van der Waals surface area (Å²) in [6.07, 6.45) is 1.73. The zero-order valence-corrected chi connectivity index (χ0v) is 17.9. The summed E-state index contributed by atoms with van der Waals surface area (Å²) in [7, 11) is 1.89. The Kier molecular flexibility index (Phi) is 7.18. The molecule has 30 heavy (non-hydrogen) atoms. The van der Waals surface area contributed by atoms with Gasteiger partial charge < -0.3 is 25.4 Å². The lowest BCUT2D eigenvalue weighted by molar-refractivity contribution is -0.116. The number of nitrogens with zero attached hydrogens (tertiary/aromatic N) is 6.